The molecular weight excluding hydrogens is 340 g/mol. The molecule has 1 aliphatic rings. The normalized spacial score (nSPS) is 15.6. The van der Waals surface area contributed by atoms with Crippen LogP contribution in [0.4, 0.5) is 0 Å². The summed E-state index contributed by atoms with van der Waals surface area (Å²) in [5, 5.41) is 0.381. The van der Waals surface area contributed by atoms with Gasteiger partial charge in [0.05, 0.1) is 18.8 Å². The van der Waals surface area contributed by atoms with E-state index in [1.54, 1.807) is 12.3 Å². The maximum atomic E-state index is 12.8. The van der Waals surface area contributed by atoms with E-state index in [2.05, 4.69) is 32.7 Å². The fourth-order valence-electron chi connectivity index (χ4n) is 2.89. The van der Waals surface area contributed by atoms with Crippen molar-refractivity contribution >= 4 is 17.5 Å². The van der Waals surface area contributed by atoms with E-state index in [1.807, 2.05) is 4.90 Å². The molecule has 0 bridgehead atoms. The van der Waals surface area contributed by atoms with Gasteiger partial charge in [-0.15, -0.1) is 0 Å². The lowest BCUT2D eigenvalue weighted by Gasteiger charge is -2.27. The molecule has 6 heteroatoms. The van der Waals surface area contributed by atoms with Gasteiger partial charge >= 0.3 is 0 Å². The first-order valence-electron chi connectivity index (χ1n) is 9.06. The van der Waals surface area contributed by atoms with E-state index in [4.69, 9.17) is 21.1 Å². The van der Waals surface area contributed by atoms with Crippen LogP contribution in [-0.4, -0.2) is 48.2 Å². The smallest absolute Gasteiger partial charge is 0.255 e. The molecule has 1 fully saturated rings. The second kappa shape index (κ2) is 9.39. The van der Waals surface area contributed by atoms with E-state index in [1.165, 1.54) is 0 Å². The van der Waals surface area contributed by atoms with Gasteiger partial charge in [0.2, 0.25) is 5.88 Å². The Hall–Kier alpha value is -1.33. The molecule has 1 aromatic rings. The van der Waals surface area contributed by atoms with E-state index in [0.29, 0.717) is 41.5 Å². The summed E-state index contributed by atoms with van der Waals surface area (Å²) in [7, 11) is 0. The van der Waals surface area contributed by atoms with Gasteiger partial charge in [0.15, 0.2) is 0 Å². The molecular formula is C19H29ClN2O3. The predicted molar refractivity (Wildman–Crippen MR) is 99.3 cm³/mol. The summed E-state index contributed by atoms with van der Waals surface area (Å²) >= 11 is 6.32. The van der Waals surface area contributed by atoms with Crippen LogP contribution in [0.2, 0.25) is 5.02 Å². The SMILES string of the molecule is CC(C)CN(CC(C)C)C(=O)c1cnc(OC2CCOCC2)c(Cl)c1. The number of pyridine rings is 1. The number of hydrogen-bond donors (Lipinski definition) is 0. The van der Waals surface area contributed by atoms with Gasteiger partial charge in [0, 0.05) is 32.1 Å². The highest BCUT2D eigenvalue weighted by Crippen LogP contribution is 2.26. The lowest BCUT2D eigenvalue weighted by atomic mass is 10.1. The third-order valence-corrected chi connectivity index (χ3v) is 4.23. The van der Waals surface area contributed by atoms with Gasteiger partial charge in [0.1, 0.15) is 11.1 Å². The van der Waals surface area contributed by atoms with Crippen molar-refractivity contribution in [2.45, 2.75) is 46.6 Å². The molecule has 0 radical (unpaired) electrons. The lowest BCUT2D eigenvalue weighted by molar-refractivity contribution is 0.0238. The highest BCUT2D eigenvalue weighted by molar-refractivity contribution is 6.32. The van der Waals surface area contributed by atoms with Gasteiger partial charge in [-0.05, 0) is 17.9 Å². The molecule has 0 unspecified atom stereocenters. The van der Waals surface area contributed by atoms with Crippen LogP contribution in [0.3, 0.4) is 0 Å². The Morgan fingerprint density at radius 1 is 1.28 bits per heavy atom. The standard InChI is InChI=1S/C19H29ClN2O3/c1-13(2)11-22(12-14(3)4)19(23)15-9-17(20)18(21-10-15)25-16-5-7-24-8-6-16/h9-10,13-14,16H,5-8,11-12H2,1-4H3. The molecule has 0 aliphatic carbocycles. The molecule has 5 nitrogen and oxygen atoms in total. The molecule has 0 atom stereocenters. The molecule has 1 amide bonds. The van der Waals surface area contributed by atoms with Crippen molar-refractivity contribution in [2.24, 2.45) is 11.8 Å². The molecule has 2 heterocycles. The fourth-order valence-corrected chi connectivity index (χ4v) is 3.10. The maximum absolute atomic E-state index is 12.8. The van der Waals surface area contributed by atoms with Crippen LogP contribution in [-0.2, 0) is 4.74 Å². The van der Waals surface area contributed by atoms with Crippen LogP contribution in [0.25, 0.3) is 0 Å². The first-order valence-corrected chi connectivity index (χ1v) is 9.43. The van der Waals surface area contributed by atoms with Crippen molar-refractivity contribution in [3.8, 4) is 5.88 Å². The zero-order valence-corrected chi connectivity index (χ0v) is 16.4. The Kier molecular flexibility index (Phi) is 7.51. The van der Waals surface area contributed by atoms with Gasteiger partial charge < -0.3 is 14.4 Å². The first-order chi connectivity index (χ1) is 11.9. The Bertz CT molecular complexity index is 562. The van der Waals surface area contributed by atoms with E-state index < -0.39 is 0 Å². The fraction of sp³-hybridized carbons (Fsp3) is 0.684. The van der Waals surface area contributed by atoms with Crippen molar-refractivity contribution < 1.29 is 14.3 Å². The monoisotopic (exact) mass is 368 g/mol. The van der Waals surface area contributed by atoms with Gasteiger partial charge in [-0.25, -0.2) is 4.98 Å². The summed E-state index contributed by atoms with van der Waals surface area (Å²) in [6.07, 6.45) is 3.29. The highest BCUT2D eigenvalue weighted by Gasteiger charge is 2.21. The summed E-state index contributed by atoms with van der Waals surface area (Å²) in [6, 6.07) is 1.67. The number of amides is 1. The van der Waals surface area contributed by atoms with E-state index in [0.717, 1.165) is 25.9 Å². The Morgan fingerprint density at radius 3 is 2.40 bits per heavy atom. The third kappa shape index (κ3) is 6.15. The van der Waals surface area contributed by atoms with Crippen LogP contribution in [0.15, 0.2) is 12.3 Å². The first kappa shape index (κ1) is 20.0. The van der Waals surface area contributed by atoms with Gasteiger partial charge in [-0.3, -0.25) is 4.79 Å². The highest BCUT2D eigenvalue weighted by atomic mass is 35.5. The predicted octanol–water partition coefficient (Wildman–Crippen LogP) is 4.05. The van der Waals surface area contributed by atoms with Crippen LogP contribution in [0.5, 0.6) is 5.88 Å². The molecule has 0 N–H and O–H groups in total. The number of aromatic nitrogens is 1. The second-order valence-corrected chi connectivity index (χ2v) is 7.85. The second-order valence-electron chi connectivity index (χ2n) is 7.44. The van der Waals surface area contributed by atoms with E-state index >= 15 is 0 Å². The van der Waals surface area contributed by atoms with Crippen molar-refractivity contribution in [1.82, 2.24) is 9.88 Å². The summed E-state index contributed by atoms with van der Waals surface area (Å²) < 4.78 is 11.2. The number of carbonyl (C=O) groups excluding carboxylic acids is 1. The van der Waals surface area contributed by atoms with Crippen molar-refractivity contribution in [2.75, 3.05) is 26.3 Å². The molecule has 1 aromatic heterocycles. The number of nitrogens with zero attached hydrogens (tertiary/aromatic N) is 2. The van der Waals surface area contributed by atoms with Crippen molar-refractivity contribution in [1.29, 1.82) is 0 Å². The molecule has 25 heavy (non-hydrogen) atoms. The van der Waals surface area contributed by atoms with Crippen molar-refractivity contribution in [3.63, 3.8) is 0 Å². The summed E-state index contributed by atoms with van der Waals surface area (Å²) in [5.74, 6) is 1.17. The van der Waals surface area contributed by atoms with Gasteiger partial charge in [-0.1, -0.05) is 39.3 Å². The number of carbonyl (C=O) groups is 1. The number of rotatable bonds is 7. The largest absolute Gasteiger partial charge is 0.473 e. The van der Waals surface area contributed by atoms with Crippen LogP contribution in [0, 0.1) is 11.8 Å². The zero-order valence-electron chi connectivity index (χ0n) is 15.6. The van der Waals surface area contributed by atoms with E-state index in [-0.39, 0.29) is 12.0 Å². The number of halogens is 1. The minimum absolute atomic E-state index is 0.0329. The minimum atomic E-state index is -0.0329. The molecule has 0 spiro atoms. The summed E-state index contributed by atoms with van der Waals surface area (Å²) in [4.78, 5) is 19.0. The maximum Gasteiger partial charge on any atom is 0.255 e. The molecule has 1 saturated heterocycles. The molecule has 2 rings (SSSR count). The lowest BCUT2D eigenvalue weighted by Crippen LogP contribution is -2.37. The van der Waals surface area contributed by atoms with Crippen LogP contribution < -0.4 is 4.74 Å². The van der Waals surface area contributed by atoms with Crippen LogP contribution >= 0.6 is 11.6 Å². The Morgan fingerprint density at radius 2 is 1.88 bits per heavy atom. The molecule has 0 saturated carbocycles. The topological polar surface area (TPSA) is 51.7 Å². The third-order valence-electron chi connectivity index (χ3n) is 3.96. The number of hydrogen-bond acceptors (Lipinski definition) is 4. The van der Waals surface area contributed by atoms with Gasteiger partial charge in [0.25, 0.3) is 5.91 Å². The Labute approximate surface area is 155 Å². The minimum Gasteiger partial charge on any atom is -0.473 e. The number of ether oxygens (including phenoxy) is 2. The average molecular weight is 369 g/mol. The Balaban J connectivity index is 2.09. The van der Waals surface area contributed by atoms with Crippen LogP contribution in [0.1, 0.15) is 50.9 Å². The van der Waals surface area contributed by atoms with E-state index in [9.17, 15) is 4.79 Å². The van der Waals surface area contributed by atoms with Gasteiger partial charge in [-0.2, -0.15) is 0 Å². The molecule has 140 valence electrons. The molecule has 1 aliphatic heterocycles. The zero-order chi connectivity index (χ0) is 18.4. The summed E-state index contributed by atoms with van der Waals surface area (Å²) in [5.41, 5.74) is 0.505. The molecule has 0 aromatic carbocycles. The summed E-state index contributed by atoms with van der Waals surface area (Å²) in [6.45, 7) is 11.3. The van der Waals surface area contributed by atoms with Crippen molar-refractivity contribution in [3.05, 3.63) is 22.8 Å². The quantitative estimate of drug-likeness (QED) is 0.728. The average Bonchev–Trinajstić information content (AvgIpc) is 2.55.